The van der Waals surface area contributed by atoms with Gasteiger partial charge in [0.15, 0.2) is 5.78 Å². The van der Waals surface area contributed by atoms with Crippen molar-refractivity contribution in [2.45, 2.75) is 6.92 Å². The second-order valence-electron chi connectivity index (χ2n) is 4.51. The summed E-state index contributed by atoms with van der Waals surface area (Å²) in [5.74, 6) is 0.0803. The number of hydrogen-bond donors (Lipinski definition) is 0. The van der Waals surface area contributed by atoms with Crippen LogP contribution in [0.15, 0.2) is 60.8 Å². The van der Waals surface area contributed by atoms with E-state index in [1.807, 2.05) is 54.6 Å². The Kier molecular flexibility index (Phi) is 2.84. The van der Waals surface area contributed by atoms with Gasteiger partial charge in [0.25, 0.3) is 0 Å². The van der Waals surface area contributed by atoms with E-state index < -0.39 is 0 Å². The molecule has 2 nitrogen and oxygen atoms in total. The molecule has 0 fully saturated rings. The van der Waals surface area contributed by atoms with Crippen molar-refractivity contribution in [2.75, 3.05) is 0 Å². The van der Waals surface area contributed by atoms with Gasteiger partial charge in [0.1, 0.15) is 0 Å². The zero-order valence-electron chi connectivity index (χ0n) is 10.6. The van der Waals surface area contributed by atoms with E-state index >= 15 is 0 Å². The Balaban J connectivity index is 2.22. The third-order valence-electron chi connectivity index (χ3n) is 3.22. The molecule has 0 saturated heterocycles. The van der Waals surface area contributed by atoms with Gasteiger partial charge in [0, 0.05) is 17.1 Å². The van der Waals surface area contributed by atoms with Gasteiger partial charge in [0.05, 0.1) is 5.52 Å². The maximum Gasteiger partial charge on any atom is 0.160 e. The van der Waals surface area contributed by atoms with E-state index in [1.165, 1.54) is 0 Å². The first-order valence-corrected chi connectivity index (χ1v) is 6.21. The molecule has 19 heavy (non-hydrogen) atoms. The molecule has 0 bridgehead atoms. The molecule has 92 valence electrons. The quantitative estimate of drug-likeness (QED) is 0.638. The van der Waals surface area contributed by atoms with Crippen molar-refractivity contribution in [1.82, 2.24) is 4.98 Å². The molecular weight excluding hydrogens is 234 g/mol. The third-order valence-corrected chi connectivity index (χ3v) is 3.22. The van der Waals surface area contributed by atoms with Gasteiger partial charge in [-0.2, -0.15) is 0 Å². The molecular formula is C17H13NO. The Labute approximate surface area is 111 Å². The molecule has 0 atom stereocenters. The van der Waals surface area contributed by atoms with Crippen LogP contribution in [-0.4, -0.2) is 10.8 Å². The highest BCUT2D eigenvalue weighted by Gasteiger charge is 2.08. The second-order valence-corrected chi connectivity index (χ2v) is 4.51. The van der Waals surface area contributed by atoms with Crippen molar-refractivity contribution in [3.05, 3.63) is 66.4 Å². The number of benzene rings is 2. The van der Waals surface area contributed by atoms with Gasteiger partial charge in [-0.1, -0.05) is 42.5 Å². The van der Waals surface area contributed by atoms with Crippen LogP contribution in [0, 0.1) is 0 Å². The number of Topliss-reactive ketones (excluding diaryl/α,β-unsaturated/α-hetero) is 1. The Morgan fingerprint density at radius 3 is 2.68 bits per heavy atom. The molecule has 0 saturated carbocycles. The first-order valence-electron chi connectivity index (χ1n) is 6.21. The number of fused-ring (bicyclic) bond motifs is 1. The number of aromatic nitrogens is 1. The molecule has 1 aromatic heterocycles. The van der Waals surface area contributed by atoms with Crippen LogP contribution in [0.1, 0.15) is 17.3 Å². The Morgan fingerprint density at radius 2 is 1.84 bits per heavy atom. The van der Waals surface area contributed by atoms with E-state index in [-0.39, 0.29) is 5.78 Å². The Morgan fingerprint density at radius 1 is 1.00 bits per heavy atom. The summed E-state index contributed by atoms with van der Waals surface area (Å²) < 4.78 is 0. The summed E-state index contributed by atoms with van der Waals surface area (Å²) in [4.78, 5) is 16.0. The summed E-state index contributed by atoms with van der Waals surface area (Å²) in [7, 11) is 0. The fourth-order valence-electron chi connectivity index (χ4n) is 2.28. The van der Waals surface area contributed by atoms with Crippen LogP contribution in [0.5, 0.6) is 0 Å². The predicted molar refractivity (Wildman–Crippen MR) is 77.2 cm³/mol. The second kappa shape index (κ2) is 4.65. The van der Waals surface area contributed by atoms with Crippen LogP contribution in [0.4, 0.5) is 0 Å². The highest BCUT2D eigenvalue weighted by molar-refractivity contribution is 6.01. The average molecular weight is 247 g/mol. The number of nitrogens with zero attached hydrogens (tertiary/aromatic N) is 1. The highest BCUT2D eigenvalue weighted by Crippen LogP contribution is 2.26. The van der Waals surface area contributed by atoms with E-state index in [0.29, 0.717) is 0 Å². The van der Waals surface area contributed by atoms with E-state index in [0.717, 1.165) is 27.6 Å². The molecule has 0 spiro atoms. The molecule has 0 N–H and O–H groups in total. The summed E-state index contributed by atoms with van der Waals surface area (Å²) in [6, 6.07) is 17.7. The van der Waals surface area contributed by atoms with Crippen molar-refractivity contribution in [3.8, 4) is 11.1 Å². The smallest absolute Gasteiger partial charge is 0.160 e. The molecule has 0 aliphatic carbocycles. The number of carbonyl (C=O) groups excluding carboxylic acids is 1. The Hall–Kier alpha value is -2.48. The fourth-order valence-corrected chi connectivity index (χ4v) is 2.28. The lowest BCUT2D eigenvalue weighted by Crippen LogP contribution is -1.95. The molecule has 2 aromatic carbocycles. The van der Waals surface area contributed by atoms with Gasteiger partial charge in [0.2, 0.25) is 0 Å². The molecule has 3 rings (SSSR count). The van der Waals surface area contributed by atoms with Gasteiger partial charge < -0.3 is 0 Å². The summed E-state index contributed by atoms with van der Waals surface area (Å²) in [5.41, 5.74) is 3.68. The van der Waals surface area contributed by atoms with E-state index in [9.17, 15) is 4.79 Å². The maximum atomic E-state index is 11.7. The normalized spacial score (nSPS) is 10.6. The first kappa shape index (κ1) is 11.6. The molecule has 0 unspecified atom stereocenters. The van der Waals surface area contributed by atoms with Crippen LogP contribution in [0.2, 0.25) is 0 Å². The zero-order valence-corrected chi connectivity index (χ0v) is 10.6. The van der Waals surface area contributed by atoms with Crippen LogP contribution in [-0.2, 0) is 0 Å². The minimum atomic E-state index is 0.0803. The monoisotopic (exact) mass is 247 g/mol. The van der Waals surface area contributed by atoms with Crippen molar-refractivity contribution in [3.63, 3.8) is 0 Å². The van der Waals surface area contributed by atoms with E-state index in [2.05, 4.69) is 4.98 Å². The van der Waals surface area contributed by atoms with Crippen LogP contribution in [0.25, 0.3) is 22.0 Å². The van der Waals surface area contributed by atoms with Gasteiger partial charge in [-0.25, -0.2) is 0 Å². The molecule has 1 heterocycles. The highest BCUT2D eigenvalue weighted by atomic mass is 16.1. The molecule has 0 aliphatic heterocycles. The standard InChI is InChI=1S/C17H13NO/c1-12(19)15-6-2-3-7-16(15)14-9-8-13-5-4-10-18-17(13)11-14/h2-11H,1H3. The average Bonchev–Trinajstić information content (AvgIpc) is 2.46. The number of rotatable bonds is 2. The number of carbonyl (C=O) groups is 1. The lowest BCUT2D eigenvalue weighted by molar-refractivity contribution is 0.101. The predicted octanol–water partition coefficient (Wildman–Crippen LogP) is 4.10. The summed E-state index contributed by atoms with van der Waals surface area (Å²) in [6.07, 6.45) is 1.78. The molecule has 0 aliphatic rings. The Bertz CT molecular complexity index is 762. The van der Waals surface area contributed by atoms with Gasteiger partial charge in [-0.15, -0.1) is 0 Å². The van der Waals surface area contributed by atoms with Gasteiger partial charge in [-0.05, 0) is 30.2 Å². The minimum absolute atomic E-state index is 0.0803. The summed E-state index contributed by atoms with van der Waals surface area (Å²) >= 11 is 0. The zero-order chi connectivity index (χ0) is 13.2. The van der Waals surface area contributed by atoms with E-state index in [4.69, 9.17) is 0 Å². The summed E-state index contributed by atoms with van der Waals surface area (Å²) in [6.45, 7) is 1.60. The molecule has 2 heteroatoms. The van der Waals surface area contributed by atoms with Crippen molar-refractivity contribution in [1.29, 1.82) is 0 Å². The molecule has 0 radical (unpaired) electrons. The van der Waals surface area contributed by atoms with Crippen molar-refractivity contribution < 1.29 is 4.79 Å². The minimum Gasteiger partial charge on any atom is -0.294 e. The SMILES string of the molecule is CC(=O)c1ccccc1-c1ccc2cccnc2c1. The van der Waals surface area contributed by atoms with Crippen LogP contribution in [0.3, 0.4) is 0 Å². The van der Waals surface area contributed by atoms with Crippen LogP contribution < -0.4 is 0 Å². The first-order chi connectivity index (χ1) is 9.25. The number of hydrogen-bond acceptors (Lipinski definition) is 2. The lowest BCUT2D eigenvalue weighted by atomic mass is 9.97. The number of ketones is 1. The molecule has 0 amide bonds. The number of pyridine rings is 1. The third kappa shape index (κ3) is 2.13. The van der Waals surface area contributed by atoms with Crippen LogP contribution >= 0.6 is 0 Å². The topological polar surface area (TPSA) is 30.0 Å². The lowest BCUT2D eigenvalue weighted by Gasteiger charge is -2.07. The van der Waals surface area contributed by atoms with Crippen molar-refractivity contribution in [2.24, 2.45) is 0 Å². The molecule has 3 aromatic rings. The van der Waals surface area contributed by atoms with E-state index in [1.54, 1.807) is 13.1 Å². The van der Waals surface area contributed by atoms with Gasteiger partial charge >= 0.3 is 0 Å². The van der Waals surface area contributed by atoms with Crippen molar-refractivity contribution >= 4 is 16.7 Å². The maximum absolute atomic E-state index is 11.7. The summed E-state index contributed by atoms with van der Waals surface area (Å²) in [5, 5.41) is 1.10. The fraction of sp³-hybridized carbons (Fsp3) is 0.0588. The van der Waals surface area contributed by atoms with Gasteiger partial charge in [-0.3, -0.25) is 9.78 Å². The largest absolute Gasteiger partial charge is 0.294 e.